The largest absolute Gasteiger partial charge is 0.353 e. The first kappa shape index (κ1) is 17.1. The van der Waals surface area contributed by atoms with Crippen LogP contribution in [0.3, 0.4) is 0 Å². The maximum absolute atomic E-state index is 12.3. The van der Waals surface area contributed by atoms with Crippen molar-refractivity contribution in [2.45, 2.75) is 32.2 Å². The number of amides is 2. The monoisotopic (exact) mass is 338 g/mol. The molecule has 130 valence electrons. The number of carbonyl (C=O) groups is 2. The Labute approximate surface area is 147 Å². The average molecular weight is 338 g/mol. The van der Waals surface area contributed by atoms with Crippen molar-refractivity contribution in [2.75, 3.05) is 13.1 Å². The summed E-state index contributed by atoms with van der Waals surface area (Å²) in [5.74, 6) is -0.0641. The smallest absolute Gasteiger partial charge is 0.274 e. The highest BCUT2D eigenvalue weighted by molar-refractivity contribution is 5.92. The number of piperidine rings is 1. The Morgan fingerprint density at radius 1 is 1.20 bits per heavy atom. The van der Waals surface area contributed by atoms with Gasteiger partial charge in [-0.1, -0.05) is 24.3 Å². The molecule has 0 bridgehead atoms. The third-order valence-corrected chi connectivity index (χ3v) is 4.54. The summed E-state index contributed by atoms with van der Waals surface area (Å²) in [5, 5.41) is 3.09. The Kier molecular flexibility index (Phi) is 5.38. The fraction of sp³-hybridized carbons (Fsp3) is 0.368. The number of rotatable bonds is 4. The quantitative estimate of drug-likeness (QED) is 0.921. The second kappa shape index (κ2) is 7.88. The highest BCUT2D eigenvalue weighted by Gasteiger charge is 2.25. The van der Waals surface area contributed by atoms with Crippen molar-refractivity contribution in [3.8, 4) is 0 Å². The number of hydrogen-bond acceptors (Lipinski definition) is 4. The summed E-state index contributed by atoms with van der Waals surface area (Å²) in [6.45, 7) is 3.24. The molecule has 0 atom stereocenters. The van der Waals surface area contributed by atoms with Crippen molar-refractivity contribution in [2.24, 2.45) is 0 Å². The molecule has 0 unspecified atom stereocenters. The first-order chi connectivity index (χ1) is 12.1. The zero-order valence-electron chi connectivity index (χ0n) is 14.3. The minimum atomic E-state index is -0.0993. The summed E-state index contributed by atoms with van der Waals surface area (Å²) in [6, 6.07) is 8.03. The number of nitrogens with zero attached hydrogens (tertiary/aromatic N) is 3. The average Bonchev–Trinajstić information content (AvgIpc) is 2.64. The summed E-state index contributed by atoms with van der Waals surface area (Å²) in [5.41, 5.74) is 2.54. The van der Waals surface area contributed by atoms with E-state index in [1.807, 2.05) is 31.2 Å². The van der Waals surface area contributed by atoms with Crippen molar-refractivity contribution >= 4 is 11.8 Å². The normalized spacial score (nSPS) is 15.0. The molecule has 1 aliphatic rings. The van der Waals surface area contributed by atoms with Crippen LogP contribution in [-0.4, -0.2) is 45.8 Å². The predicted octanol–water partition coefficient (Wildman–Crippen LogP) is 1.75. The van der Waals surface area contributed by atoms with Crippen LogP contribution in [0.5, 0.6) is 0 Å². The molecule has 25 heavy (non-hydrogen) atoms. The van der Waals surface area contributed by atoms with Crippen LogP contribution >= 0.6 is 0 Å². The van der Waals surface area contributed by atoms with Crippen LogP contribution in [0.25, 0.3) is 0 Å². The highest BCUT2D eigenvalue weighted by Crippen LogP contribution is 2.14. The number of nitrogens with one attached hydrogen (secondary N) is 1. The van der Waals surface area contributed by atoms with Gasteiger partial charge in [-0.2, -0.15) is 0 Å². The topological polar surface area (TPSA) is 75.2 Å². The Morgan fingerprint density at radius 3 is 2.64 bits per heavy atom. The van der Waals surface area contributed by atoms with Gasteiger partial charge in [0.2, 0.25) is 5.91 Å². The van der Waals surface area contributed by atoms with Gasteiger partial charge in [-0.05, 0) is 30.9 Å². The van der Waals surface area contributed by atoms with E-state index in [1.165, 1.54) is 12.4 Å². The van der Waals surface area contributed by atoms with Crippen LogP contribution < -0.4 is 5.32 Å². The van der Waals surface area contributed by atoms with Crippen LogP contribution in [-0.2, 0) is 11.2 Å². The fourth-order valence-corrected chi connectivity index (χ4v) is 3.06. The molecule has 0 radical (unpaired) electrons. The number of aromatic nitrogens is 2. The maximum Gasteiger partial charge on any atom is 0.274 e. The van der Waals surface area contributed by atoms with E-state index in [1.54, 1.807) is 11.1 Å². The molecule has 1 fully saturated rings. The molecule has 1 aromatic carbocycles. The van der Waals surface area contributed by atoms with E-state index >= 15 is 0 Å². The lowest BCUT2D eigenvalue weighted by Crippen LogP contribution is -2.47. The fourth-order valence-electron chi connectivity index (χ4n) is 3.06. The van der Waals surface area contributed by atoms with Gasteiger partial charge >= 0.3 is 0 Å². The molecule has 1 saturated heterocycles. The van der Waals surface area contributed by atoms with E-state index in [2.05, 4.69) is 15.3 Å². The van der Waals surface area contributed by atoms with Crippen LogP contribution in [0.4, 0.5) is 0 Å². The minimum Gasteiger partial charge on any atom is -0.353 e. The van der Waals surface area contributed by atoms with Crippen molar-refractivity contribution < 1.29 is 9.59 Å². The van der Waals surface area contributed by atoms with E-state index in [9.17, 15) is 9.59 Å². The van der Waals surface area contributed by atoms with Gasteiger partial charge in [0.25, 0.3) is 5.91 Å². The van der Waals surface area contributed by atoms with E-state index in [0.717, 1.165) is 24.0 Å². The van der Waals surface area contributed by atoms with E-state index in [0.29, 0.717) is 25.2 Å². The van der Waals surface area contributed by atoms with Crippen LogP contribution in [0, 0.1) is 6.92 Å². The number of carbonyl (C=O) groups excluding carboxylic acids is 2. The lowest BCUT2D eigenvalue weighted by Gasteiger charge is -2.32. The van der Waals surface area contributed by atoms with Gasteiger partial charge in [-0.15, -0.1) is 0 Å². The van der Waals surface area contributed by atoms with Gasteiger partial charge in [-0.3, -0.25) is 14.6 Å². The van der Waals surface area contributed by atoms with Gasteiger partial charge in [0.1, 0.15) is 5.69 Å². The van der Waals surface area contributed by atoms with Gasteiger partial charge in [0, 0.05) is 31.5 Å². The SMILES string of the molecule is Cc1ccccc1CC(=O)NC1CCN(C(=O)c2cnccn2)CC1. The zero-order chi connectivity index (χ0) is 17.6. The molecule has 1 N–H and O–H groups in total. The predicted molar refractivity (Wildman–Crippen MR) is 94.0 cm³/mol. The molecule has 1 aromatic heterocycles. The standard InChI is InChI=1S/C19H22N4O2/c1-14-4-2-3-5-15(14)12-18(24)22-16-6-10-23(11-7-16)19(25)17-13-20-8-9-21-17/h2-5,8-9,13,16H,6-7,10-12H2,1H3,(H,22,24). The number of benzene rings is 1. The molecular formula is C19H22N4O2. The third-order valence-electron chi connectivity index (χ3n) is 4.54. The molecular weight excluding hydrogens is 316 g/mol. The van der Waals surface area contributed by atoms with Crippen LogP contribution in [0.1, 0.15) is 34.5 Å². The Hall–Kier alpha value is -2.76. The van der Waals surface area contributed by atoms with Gasteiger partial charge in [-0.25, -0.2) is 4.98 Å². The van der Waals surface area contributed by atoms with Crippen LogP contribution in [0.2, 0.25) is 0 Å². The lowest BCUT2D eigenvalue weighted by molar-refractivity contribution is -0.121. The molecule has 6 heteroatoms. The minimum absolute atomic E-state index is 0.0352. The Balaban J connectivity index is 1.48. The second-order valence-corrected chi connectivity index (χ2v) is 6.33. The molecule has 0 aliphatic carbocycles. The zero-order valence-corrected chi connectivity index (χ0v) is 14.3. The number of hydrogen-bond donors (Lipinski definition) is 1. The van der Waals surface area contributed by atoms with E-state index in [4.69, 9.17) is 0 Å². The highest BCUT2D eigenvalue weighted by atomic mass is 16.2. The molecule has 0 saturated carbocycles. The summed E-state index contributed by atoms with van der Waals surface area (Å²) < 4.78 is 0. The Bertz CT molecular complexity index is 740. The summed E-state index contributed by atoms with van der Waals surface area (Å²) in [7, 11) is 0. The second-order valence-electron chi connectivity index (χ2n) is 6.33. The van der Waals surface area contributed by atoms with Gasteiger partial charge in [0.05, 0.1) is 12.6 Å². The van der Waals surface area contributed by atoms with Gasteiger partial charge in [0.15, 0.2) is 0 Å². The van der Waals surface area contributed by atoms with E-state index < -0.39 is 0 Å². The molecule has 1 aliphatic heterocycles. The molecule has 2 amide bonds. The molecule has 3 rings (SSSR count). The summed E-state index contributed by atoms with van der Waals surface area (Å²) >= 11 is 0. The number of aryl methyl sites for hydroxylation is 1. The lowest BCUT2D eigenvalue weighted by atomic mass is 10.0. The van der Waals surface area contributed by atoms with Crippen LogP contribution in [0.15, 0.2) is 42.9 Å². The third kappa shape index (κ3) is 4.41. The first-order valence-corrected chi connectivity index (χ1v) is 8.52. The summed E-state index contributed by atoms with van der Waals surface area (Å²) in [4.78, 5) is 34.4. The summed E-state index contributed by atoms with van der Waals surface area (Å²) in [6.07, 6.45) is 6.46. The molecule has 2 heterocycles. The van der Waals surface area contributed by atoms with Gasteiger partial charge < -0.3 is 10.2 Å². The maximum atomic E-state index is 12.3. The van der Waals surface area contributed by atoms with Crippen molar-refractivity contribution in [1.29, 1.82) is 0 Å². The first-order valence-electron chi connectivity index (χ1n) is 8.52. The van der Waals surface area contributed by atoms with E-state index in [-0.39, 0.29) is 17.9 Å². The molecule has 6 nitrogen and oxygen atoms in total. The molecule has 2 aromatic rings. The van der Waals surface area contributed by atoms with Crippen molar-refractivity contribution in [3.63, 3.8) is 0 Å². The molecule has 0 spiro atoms. The van der Waals surface area contributed by atoms with Crippen molar-refractivity contribution in [3.05, 3.63) is 59.7 Å². The Morgan fingerprint density at radius 2 is 1.96 bits per heavy atom. The number of likely N-dealkylation sites (tertiary alicyclic amines) is 1. The van der Waals surface area contributed by atoms with Crippen molar-refractivity contribution in [1.82, 2.24) is 20.2 Å².